The van der Waals surface area contributed by atoms with E-state index >= 15 is 0 Å². The lowest BCUT2D eigenvalue weighted by Crippen LogP contribution is -2.41. The first-order valence-electron chi connectivity index (χ1n) is 8.77. The second-order valence-electron chi connectivity index (χ2n) is 6.66. The van der Waals surface area contributed by atoms with E-state index in [1.54, 1.807) is 0 Å². The summed E-state index contributed by atoms with van der Waals surface area (Å²) in [5, 5.41) is 3.56. The van der Waals surface area contributed by atoms with Gasteiger partial charge in [-0.1, -0.05) is 13.0 Å². The van der Waals surface area contributed by atoms with Crippen LogP contribution >= 0.6 is 0 Å². The summed E-state index contributed by atoms with van der Waals surface area (Å²) in [6.45, 7) is 7.15. The lowest BCUT2D eigenvalue weighted by Gasteiger charge is -2.38. The highest BCUT2D eigenvalue weighted by molar-refractivity contribution is 5.25. The van der Waals surface area contributed by atoms with E-state index in [0.29, 0.717) is 6.04 Å². The molecule has 2 aliphatic rings. The molecule has 0 bridgehead atoms. The van der Waals surface area contributed by atoms with Crippen molar-refractivity contribution in [3.8, 4) is 0 Å². The number of pyridine rings is 1. The van der Waals surface area contributed by atoms with Gasteiger partial charge in [-0.05, 0) is 75.7 Å². The number of aryl methyl sites for hydroxylation is 1. The maximum absolute atomic E-state index is 4.74. The van der Waals surface area contributed by atoms with Gasteiger partial charge in [-0.15, -0.1) is 0 Å². The van der Waals surface area contributed by atoms with Gasteiger partial charge in [0.15, 0.2) is 0 Å². The maximum Gasteiger partial charge on any atom is 0.0607 e. The summed E-state index contributed by atoms with van der Waals surface area (Å²) in [6.07, 6.45) is 9.74. The number of nitrogens with one attached hydrogen (secondary N) is 1. The summed E-state index contributed by atoms with van der Waals surface area (Å²) in [5.41, 5.74) is 2.84. The molecule has 0 amide bonds. The van der Waals surface area contributed by atoms with Crippen LogP contribution in [0.3, 0.4) is 0 Å². The van der Waals surface area contributed by atoms with Gasteiger partial charge in [0.25, 0.3) is 0 Å². The van der Waals surface area contributed by atoms with E-state index in [1.807, 2.05) is 6.20 Å². The maximum atomic E-state index is 4.74. The predicted molar refractivity (Wildman–Crippen MR) is 87.4 cm³/mol. The zero-order valence-corrected chi connectivity index (χ0v) is 13.4. The summed E-state index contributed by atoms with van der Waals surface area (Å²) in [4.78, 5) is 7.46. The molecular weight excluding hydrogens is 258 g/mol. The van der Waals surface area contributed by atoms with Gasteiger partial charge in [0.2, 0.25) is 0 Å². The van der Waals surface area contributed by atoms with Gasteiger partial charge in [0, 0.05) is 12.7 Å². The fraction of sp³-hybridized carbons (Fsp3) is 0.722. The molecule has 3 rings (SSSR count). The van der Waals surface area contributed by atoms with Gasteiger partial charge >= 0.3 is 0 Å². The van der Waals surface area contributed by atoms with Gasteiger partial charge < -0.3 is 5.32 Å². The monoisotopic (exact) mass is 287 g/mol. The van der Waals surface area contributed by atoms with E-state index < -0.39 is 0 Å². The molecule has 3 heteroatoms. The predicted octanol–water partition coefficient (Wildman–Crippen LogP) is 3.17. The molecule has 116 valence electrons. The van der Waals surface area contributed by atoms with Crippen LogP contribution in [0.4, 0.5) is 0 Å². The minimum absolute atomic E-state index is 0.553. The van der Waals surface area contributed by atoms with Crippen LogP contribution in [-0.2, 0) is 6.42 Å². The Hall–Kier alpha value is -0.930. The van der Waals surface area contributed by atoms with Gasteiger partial charge in [-0.2, -0.15) is 0 Å². The average Bonchev–Trinajstić information content (AvgIpc) is 2.55. The van der Waals surface area contributed by atoms with E-state index in [9.17, 15) is 0 Å². The van der Waals surface area contributed by atoms with Crippen LogP contribution in [0.2, 0.25) is 0 Å². The molecule has 0 aromatic carbocycles. The van der Waals surface area contributed by atoms with Crippen molar-refractivity contribution in [3.63, 3.8) is 0 Å². The van der Waals surface area contributed by atoms with Crippen molar-refractivity contribution in [1.82, 2.24) is 15.2 Å². The topological polar surface area (TPSA) is 28.2 Å². The van der Waals surface area contributed by atoms with Crippen LogP contribution in [-0.4, -0.2) is 36.1 Å². The summed E-state index contributed by atoms with van der Waals surface area (Å²) >= 11 is 0. The highest BCUT2D eigenvalue weighted by Gasteiger charge is 2.28. The Morgan fingerprint density at radius 2 is 2.29 bits per heavy atom. The zero-order valence-electron chi connectivity index (χ0n) is 13.4. The van der Waals surface area contributed by atoms with Crippen molar-refractivity contribution in [3.05, 3.63) is 29.6 Å². The first-order valence-corrected chi connectivity index (χ1v) is 8.77. The number of hydrogen-bond donors (Lipinski definition) is 1. The number of aromatic nitrogens is 1. The third kappa shape index (κ3) is 3.64. The Morgan fingerprint density at radius 3 is 3.10 bits per heavy atom. The lowest BCUT2D eigenvalue weighted by atomic mass is 9.89. The molecule has 1 fully saturated rings. The Labute approximate surface area is 129 Å². The molecule has 0 spiro atoms. The van der Waals surface area contributed by atoms with Gasteiger partial charge in [-0.25, -0.2) is 0 Å². The molecule has 2 unspecified atom stereocenters. The van der Waals surface area contributed by atoms with E-state index in [-0.39, 0.29) is 0 Å². The molecule has 1 aliphatic carbocycles. The van der Waals surface area contributed by atoms with E-state index in [2.05, 4.69) is 29.3 Å². The lowest BCUT2D eigenvalue weighted by molar-refractivity contribution is 0.137. The summed E-state index contributed by atoms with van der Waals surface area (Å²) in [7, 11) is 0. The standard InChI is InChI=1S/C18H29N3/c1-2-12-21(14-15-6-4-10-19-13-15)17-9-3-7-16-8-5-11-20-18(16)17/h5,8,11,15,17,19H,2-4,6-7,9-10,12-14H2,1H3. The molecule has 0 saturated carbocycles. The average molecular weight is 287 g/mol. The third-order valence-corrected chi connectivity index (χ3v) is 5.01. The molecule has 2 heterocycles. The second kappa shape index (κ2) is 7.37. The Balaban J connectivity index is 1.74. The van der Waals surface area contributed by atoms with E-state index in [1.165, 1.54) is 76.0 Å². The fourth-order valence-electron chi connectivity index (χ4n) is 4.01. The molecule has 0 radical (unpaired) electrons. The molecule has 3 nitrogen and oxygen atoms in total. The van der Waals surface area contributed by atoms with E-state index in [4.69, 9.17) is 4.98 Å². The summed E-state index contributed by atoms with van der Waals surface area (Å²) < 4.78 is 0. The van der Waals surface area contributed by atoms with Crippen molar-refractivity contribution in [2.24, 2.45) is 5.92 Å². The molecule has 1 aromatic heterocycles. The van der Waals surface area contributed by atoms with Crippen LogP contribution in [0.15, 0.2) is 18.3 Å². The van der Waals surface area contributed by atoms with Crippen LogP contribution in [0.25, 0.3) is 0 Å². The summed E-state index contributed by atoms with van der Waals surface area (Å²) in [6, 6.07) is 4.92. The minimum Gasteiger partial charge on any atom is -0.316 e. The van der Waals surface area contributed by atoms with Crippen molar-refractivity contribution < 1.29 is 0 Å². The Kier molecular flexibility index (Phi) is 5.26. The number of nitrogens with zero attached hydrogens (tertiary/aromatic N) is 2. The molecule has 1 aromatic rings. The molecule has 2 atom stereocenters. The largest absolute Gasteiger partial charge is 0.316 e. The molecule has 1 N–H and O–H groups in total. The van der Waals surface area contributed by atoms with Crippen molar-refractivity contribution in [1.29, 1.82) is 0 Å². The normalized spacial score (nSPS) is 25.8. The first-order chi connectivity index (χ1) is 10.4. The molecule has 1 saturated heterocycles. The molecular formula is C18H29N3. The summed E-state index contributed by atoms with van der Waals surface area (Å²) in [5.74, 6) is 0.819. The SMILES string of the molecule is CCCN(CC1CCCNC1)C1CCCc2cccnc21. The van der Waals surface area contributed by atoms with Gasteiger partial charge in [0.05, 0.1) is 11.7 Å². The number of hydrogen-bond acceptors (Lipinski definition) is 3. The van der Waals surface area contributed by atoms with Crippen LogP contribution < -0.4 is 5.32 Å². The third-order valence-electron chi connectivity index (χ3n) is 5.01. The fourth-order valence-corrected chi connectivity index (χ4v) is 4.01. The van der Waals surface area contributed by atoms with Gasteiger partial charge in [-0.3, -0.25) is 9.88 Å². The van der Waals surface area contributed by atoms with Crippen molar-refractivity contribution >= 4 is 0 Å². The number of rotatable bonds is 5. The minimum atomic E-state index is 0.553. The van der Waals surface area contributed by atoms with Gasteiger partial charge in [0.1, 0.15) is 0 Å². The van der Waals surface area contributed by atoms with Crippen molar-refractivity contribution in [2.45, 2.75) is 51.5 Å². The highest BCUT2D eigenvalue weighted by atomic mass is 15.2. The quantitative estimate of drug-likeness (QED) is 0.901. The smallest absolute Gasteiger partial charge is 0.0607 e. The van der Waals surface area contributed by atoms with Crippen LogP contribution in [0, 0.1) is 5.92 Å². The number of fused-ring (bicyclic) bond motifs is 1. The van der Waals surface area contributed by atoms with Crippen LogP contribution in [0.5, 0.6) is 0 Å². The number of piperidine rings is 1. The molecule has 21 heavy (non-hydrogen) atoms. The van der Waals surface area contributed by atoms with Crippen molar-refractivity contribution in [2.75, 3.05) is 26.2 Å². The molecule has 1 aliphatic heterocycles. The first kappa shape index (κ1) is 15.0. The zero-order chi connectivity index (χ0) is 14.5. The van der Waals surface area contributed by atoms with E-state index in [0.717, 1.165) is 5.92 Å². The second-order valence-corrected chi connectivity index (χ2v) is 6.66. The Morgan fingerprint density at radius 1 is 1.33 bits per heavy atom. The van der Waals surface area contributed by atoms with Crippen LogP contribution in [0.1, 0.15) is 56.3 Å². The Bertz CT molecular complexity index is 440. The highest BCUT2D eigenvalue weighted by Crippen LogP contribution is 2.33.